The van der Waals surface area contributed by atoms with Crippen molar-refractivity contribution in [2.45, 2.75) is 0 Å². The van der Waals surface area contributed by atoms with Gasteiger partial charge >= 0.3 is 22.4 Å². The fourth-order valence-corrected chi connectivity index (χ4v) is 0. The van der Waals surface area contributed by atoms with Crippen molar-refractivity contribution in [1.82, 2.24) is 0 Å². The standard InChI is InChI=1S/5CN.Nb/c5*1-2;/q5*-1;+5. The van der Waals surface area contributed by atoms with Crippen LogP contribution in [-0.2, 0) is 22.4 Å². The van der Waals surface area contributed by atoms with E-state index in [1.807, 2.05) is 0 Å². The molecule has 0 aromatic heterocycles. The van der Waals surface area contributed by atoms with E-state index in [1.54, 1.807) is 0 Å². The first-order valence-electron chi connectivity index (χ1n) is 1.12. The van der Waals surface area contributed by atoms with Gasteiger partial charge in [-0.05, 0) is 0 Å². The molecule has 0 rings (SSSR count). The van der Waals surface area contributed by atoms with Gasteiger partial charge in [0.15, 0.2) is 0 Å². The van der Waals surface area contributed by atoms with Gasteiger partial charge in [0.1, 0.15) is 0 Å². The summed E-state index contributed by atoms with van der Waals surface area (Å²) in [6, 6.07) is 0. The normalized spacial score (nSPS) is 0.909. The maximum absolute atomic E-state index is 6.25. The molecule has 0 heterocycles. The van der Waals surface area contributed by atoms with E-state index in [0.29, 0.717) is 0 Å². The van der Waals surface area contributed by atoms with Crippen LogP contribution in [0.3, 0.4) is 0 Å². The molecule has 0 N–H and O–H groups in total. The monoisotopic (exact) mass is 223 g/mol. The Hall–Kier alpha value is -1.81. The number of rotatable bonds is 0. The predicted octanol–water partition coefficient (Wildman–Crippen LogP) is 0.479. The van der Waals surface area contributed by atoms with Crippen molar-refractivity contribution < 1.29 is 22.4 Å². The minimum absolute atomic E-state index is 0. The zero-order valence-corrected chi connectivity index (χ0v) is 7.38. The van der Waals surface area contributed by atoms with Crippen molar-refractivity contribution in [1.29, 1.82) is 26.3 Å². The third-order valence-electron chi connectivity index (χ3n) is 0. The molecule has 0 aromatic rings. The molecule has 0 aliphatic carbocycles. The Morgan fingerprint density at radius 1 is 0.364 bits per heavy atom. The summed E-state index contributed by atoms with van der Waals surface area (Å²) in [5, 5.41) is 31.2. The minimum atomic E-state index is 0. The zero-order chi connectivity index (χ0) is 10.0. The van der Waals surface area contributed by atoms with Crippen LogP contribution in [0.5, 0.6) is 0 Å². The first kappa shape index (κ1) is 60.6. The second-order valence-electron chi connectivity index (χ2n) is 0. The third kappa shape index (κ3) is 95.8. The van der Waals surface area contributed by atoms with E-state index >= 15 is 0 Å². The molecule has 0 fully saturated rings. The first-order valence-corrected chi connectivity index (χ1v) is 1.12. The molecular formula is C5N5Nb. The average Bonchev–Trinajstić information content (AvgIpc) is 2.20. The number of hydrogen-bond donors (Lipinski definition) is 0. The first-order chi connectivity index (χ1) is 5.00. The van der Waals surface area contributed by atoms with Crippen LogP contribution in [0.25, 0.3) is 0 Å². The second kappa shape index (κ2) is 129. The summed E-state index contributed by atoms with van der Waals surface area (Å²) in [6.07, 6.45) is 0. The van der Waals surface area contributed by atoms with Crippen molar-refractivity contribution >= 4 is 0 Å². The van der Waals surface area contributed by atoms with Crippen LogP contribution >= 0.6 is 0 Å². The van der Waals surface area contributed by atoms with Crippen LogP contribution in [0.4, 0.5) is 0 Å². The average molecular weight is 223 g/mol. The fraction of sp³-hybridized carbons (Fsp3) is 0. The van der Waals surface area contributed by atoms with Crippen LogP contribution < -0.4 is 0 Å². The zero-order valence-electron chi connectivity index (χ0n) is 5.18. The maximum Gasteiger partial charge on any atom is 5.00 e. The summed E-state index contributed by atoms with van der Waals surface area (Å²) >= 11 is 0. The van der Waals surface area contributed by atoms with Crippen molar-refractivity contribution in [2.24, 2.45) is 0 Å². The molecule has 0 aliphatic heterocycles. The van der Waals surface area contributed by atoms with Crippen LogP contribution in [0.15, 0.2) is 0 Å². The molecule has 6 heteroatoms. The molecule has 0 radical (unpaired) electrons. The molecule has 0 aromatic carbocycles. The van der Waals surface area contributed by atoms with Crippen LogP contribution in [0.2, 0.25) is 0 Å². The van der Waals surface area contributed by atoms with Gasteiger partial charge in [0.05, 0.1) is 0 Å². The number of hydrogen-bond acceptors (Lipinski definition) is 5. The van der Waals surface area contributed by atoms with E-state index in [-0.39, 0.29) is 22.4 Å². The van der Waals surface area contributed by atoms with Gasteiger partial charge in [-0.3, -0.25) is 0 Å². The molecular weight excluding hydrogens is 223 g/mol. The Kier molecular flexibility index (Phi) is 712. The van der Waals surface area contributed by atoms with Crippen molar-refractivity contribution in [3.63, 3.8) is 0 Å². The summed E-state index contributed by atoms with van der Waals surface area (Å²) in [7, 11) is 0. The molecule has 50 valence electrons. The summed E-state index contributed by atoms with van der Waals surface area (Å²) in [5.41, 5.74) is 0. The van der Waals surface area contributed by atoms with E-state index < -0.39 is 0 Å². The third-order valence-corrected chi connectivity index (χ3v) is 0. The fourth-order valence-electron chi connectivity index (χ4n) is 0. The van der Waals surface area contributed by atoms with Gasteiger partial charge in [0.2, 0.25) is 0 Å². The molecule has 0 bridgehead atoms. The number of nitrogens with zero attached hydrogens (tertiary/aromatic N) is 5. The van der Waals surface area contributed by atoms with Crippen LogP contribution in [-0.4, -0.2) is 0 Å². The molecule has 11 heavy (non-hydrogen) atoms. The van der Waals surface area contributed by atoms with Gasteiger partial charge in [-0.1, -0.05) is 0 Å². The SMILES string of the molecule is [C-]#N.[C-]#N.[C-]#N.[C-]#N.[C-]#N.[Nb+5]. The molecule has 0 saturated carbocycles. The molecule has 5 nitrogen and oxygen atoms in total. The van der Waals surface area contributed by atoms with E-state index in [0.717, 1.165) is 0 Å². The van der Waals surface area contributed by atoms with Gasteiger partial charge in [-0.15, -0.1) is 0 Å². The van der Waals surface area contributed by atoms with Crippen LogP contribution in [0, 0.1) is 59.2 Å². The van der Waals surface area contributed by atoms with Gasteiger partial charge in [-0.25, -0.2) is 0 Å². The Morgan fingerprint density at radius 2 is 0.364 bits per heavy atom. The van der Waals surface area contributed by atoms with E-state index in [9.17, 15) is 0 Å². The van der Waals surface area contributed by atoms with Crippen molar-refractivity contribution in [2.75, 3.05) is 0 Å². The summed E-state index contributed by atoms with van der Waals surface area (Å²) in [4.78, 5) is 0. The maximum atomic E-state index is 6.25. The second-order valence-corrected chi connectivity index (χ2v) is 0. The van der Waals surface area contributed by atoms with Gasteiger partial charge in [0.25, 0.3) is 0 Å². The Bertz CT molecular complexity index is 73.4. The summed E-state index contributed by atoms with van der Waals surface area (Å²) in [6.45, 7) is 23.8. The van der Waals surface area contributed by atoms with Gasteiger partial charge in [0, 0.05) is 0 Å². The van der Waals surface area contributed by atoms with E-state index in [2.05, 4.69) is 0 Å². The largest absolute Gasteiger partial charge is 5.00 e. The smallest absolute Gasteiger partial charge is 0.512 e. The summed E-state index contributed by atoms with van der Waals surface area (Å²) in [5.74, 6) is 0. The van der Waals surface area contributed by atoms with Crippen molar-refractivity contribution in [3.05, 3.63) is 32.9 Å². The molecule has 0 amide bonds. The molecule has 0 atom stereocenters. The Morgan fingerprint density at radius 3 is 0.364 bits per heavy atom. The quantitative estimate of drug-likeness (QED) is 0.436. The summed E-state index contributed by atoms with van der Waals surface area (Å²) < 4.78 is 0. The van der Waals surface area contributed by atoms with Crippen LogP contribution in [0.1, 0.15) is 0 Å². The van der Waals surface area contributed by atoms with Gasteiger partial charge in [-0.2, -0.15) is 0 Å². The van der Waals surface area contributed by atoms with Crippen molar-refractivity contribution in [3.8, 4) is 0 Å². The molecule has 0 aliphatic rings. The molecule has 0 spiro atoms. The molecule has 0 unspecified atom stereocenters. The van der Waals surface area contributed by atoms with E-state index in [1.165, 1.54) is 0 Å². The molecule has 0 saturated heterocycles. The van der Waals surface area contributed by atoms with Gasteiger partial charge < -0.3 is 59.2 Å². The Labute approximate surface area is 81.8 Å². The predicted molar refractivity (Wildman–Crippen MR) is 24.8 cm³/mol. The van der Waals surface area contributed by atoms with E-state index in [4.69, 9.17) is 59.2 Å². The minimum Gasteiger partial charge on any atom is -0.512 e. The topological polar surface area (TPSA) is 119 Å². The Balaban J connectivity index is -0.00000000694.